The molecule has 0 aliphatic carbocycles. The number of amides is 2. The molecule has 0 aromatic carbocycles. The number of nitrogens with zero attached hydrogens (tertiary/aromatic N) is 4. The number of rotatable bonds is 4. The van der Waals surface area contributed by atoms with Crippen molar-refractivity contribution < 1.29 is 4.79 Å². The molecule has 1 atom stereocenters. The van der Waals surface area contributed by atoms with Gasteiger partial charge in [-0.25, -0.2) is 14.8 Å². The minimum absolute atomic E-state index is 0.0717. The number of hydrogen-bond donors (Lipinski definition) is 1. The fourth-order valence-corrected chi connectivity index (χ4v) is 3.79. The molecule has 1 N–H and O–H groups in total. The van der Waals surface area contributed by atoms with Crippen LogP contribution in [0, 0.1) is 19.8 Å². The highest BCUT2D eigenvalue weighted by molar-refractivity contribution is 5.76. The van der Waals surface area contributed by atoms with Gasteiger partial charge in [0.15, 0.2) is 0 Å². The van der Waals surface area contributed by atoms with Crippen LogP contribution >= 0.6 is 0 Å². The van der Waals surface area contributed by atoms with Crippen LogP contribution in [-0.2, 0) is 6.42 Å². The molecule has 1 unspecified atom stereocenters. The molecule has 2 aliphatic heterocycles. The van der Waals surface area contributed by atoms with Crippen LogP contribution in [0.15, 0.2) is 0 Å². The van der Waals surface area contributed by atoms with Crippen LogP contribution in [0.2, 0.25) is 0 Å². The molecule has 24 heavy (non-hydrogen) atoms. The van der Waals surface area contributed by atoms with E-state index in [4.69, 9.17) is 9.97 Å². The molecule has 6 nitrogen and oxygen atoms in total. The normalized spacial score (nSPS) is 21.5. The summed E-state index contributed by atoms with van der Waals surface area (Å²) < 4.78 is 0. The first-order valence-corrected chi connectivity index (χ1v) is 9.09. The number of urea groups is 1. The predicted octanol–water partition coefficient (Wildman–Crippen LogP) is 2.29. The third kappa shape index (κ3) is 3.47. The Bertz CT molecular complexity index is 592. The van der Waals surface area contributed by atoms with Gasteiger partial charge in [-0.3, -0.25) is 0 Å². The van der Waals surface area contributed by atoms with E-state index in [1.54, 1.807) is 0 Å². The van der Waals surface area contributed by atoms with E-state index in [9.17, 15) is 4.79 Å². The zero-order chi connectivity index (χ0) is 17.3. The number of hydrogen-bond acceptors (Lipinski definition) is 4. The third-order valence-corrected chi connectivity index (χ3v) is 5.03. The number of aromatic nitrogens is 2. The van der Waals surface area contributed by atoms with Crippen molar-refractivity contribution in [2.24, 2.45) is 5.92 Å². The maximum atomic E-state index is 11.9. The molecular formula is C18H29N5O. The zero-order valence-electron chi connectivity index (χ0n) is 15.3. The summed E-state index contributed by atoms with van der Waals surface area (Å²) in [6, 6.07) is 0.336. The van der Waals surface area contributed by atoms with Gasteiger partial charge in [0.25, 0.3) is 0 Å². The number of nitrogens with one attached hydrogen (secondary N) is 1. The predicted molar refractivity (Wildman–Crippen MR) is 95.4 cm³/mol. The number of carbonyl (C=O) groups is 1. The molecule has 2 aliphatic rings. The average molecular weight is 331 g/mol. The molecule has 0 bridgehead atoms. The maximum absolute atomic E-state index is 11.9. The molecule has 132 valence electrons. The van der Waals surface area contributed by atoms with Crippen molar-refractivity contribution in [1.29, 1.82) is 0 Å². The Morgan fingerprint density at radius 2 is 1.92 bits per heavy atom. The molecular weight excluding hydrogens is 302 g/mol. The highest BCUT2D eigenvalue weighted by Gasteiger charge is 2.32. The molecule has 3 rings (SSSR count). The number of aryl methyl sites for hydroxylation is 2. The molecule has 3 heterocycles. The van der Waals surface area contributed by atoms with Crippen LogP contribution in [0.3, 0.4) is 0 Å². The highest BCUT2D eigenvalue weighted by Crippen LogP contribution is 2.23. The second kappa shape index (κ2) is 6.95. The lowest BCUT2D eigenvalue weighted by atomic mass is 10.0. The van der Waals surface area contributed by atoms with Crippen LogP contribution in [0.1, 0.15) is 43.6 Å². The second-order valence-corrected chi connectivity index (χ2v) is 7.44. The standard InChI is InChI=1S/C18H29N5O/c1-12(2)10-16-13(3)20-17(21-14(16)4)22-8-5-6-15(11-22)23-9-7-19-18(23)24/h12,15H,5-11H2,1-4H3,(H,19,24). The molecule has 2 saturated heterocycles. The first-order chi connectivity index (χ1) is 11.5. The maximum Gasteiger partial charge on any atom is 0.317 e. The van der Waals surface area contributed by atoms with Gasteiger partial charge in [0.2, 0.25) is 5.95 Å². The van der Waals surface area contributed by atoms with Gasteiger partial charge in [-0.1, -0.05) is 13.8 Å². The van der Waals surface area contributed by atoms with Gasteiger partial charge >= 0.3 is 6.03 Å². The van der Waals surface area contributed by atoms with E-state index in [-0.39, 0.29) is 12.1 Å². The summed E-state index contributed by atoms with van der Waals surface area (Å²) in [4.78, 5) is 25.7. The van der Waals surface area contributed by atoms with E-state index in [0.717, 1.165) is 62.8 Å². The fraction of sp³-hybridized carbons (Fsp3) is 0.722. The van der Waals surface area contributed by atoms with Crippen molar-refractivity contribution in [3.8, 4) is 0 Å². The lowest BCUT2D eigenvalue weighted by molar-refractivity contribution is 0.189. The number of anilines is 1. The van der Waals surface area contributed by atoms with Crippen LogP contribution in [-0.4, -0.2) is 53.1 Å². The van der Waals surface area contributed by atoms with Crippen molar-refractivity contribution in [3.63, 3.8) is 0 Å². The van der Waals surface area contributed by atoms with E-state index >= 15 is 0 Å². The summed E-state index contributed by atoms with van der Waals surface area (Å²) in [5.74, 6) is 1.42. The first kappa shape index (κ1) is 17.0. The largest absolute Gasteiger partial charge is 0.339 e. The second-order valence-electron chi connectivity index (χ2n) is 7.44. The first-order valence-electron chi connectivity index (χ1n) is 9.09. The lowest BCUT2D eigenvalue weighted by Gasteiger charge is -2.37. The smallest absolute Gasteiger partial charge is 0.317 e. The Hall–Kier alpha value is -1.85. The van der Waals surface area contributed by atoms with Gasteiger partial charge in [-0.15, -0.1) is 0 Å². The van der Waals surface area contributed by atoms with Crippen molar-refractivity contribution in [2.75, 3.05) is 31.1 Å². The number of piperidine rings is 1. The monoisotopic (exact) mass is 331 g/mol. The quantitative estimate of drug-likeness (QED) is 0.919. The summed E-state index contributed by atoms with van der Waals surface area (Å²) in [5.41, 5.74) is 3.46. The van der Waals surface area contributed by atoms with Crippen molar-refractivity contribution in [2.45, 2.75) is 53.0 Å². The summed E-state index contributed by atoms with van der Waals surface area (Å²) in [6.07, 6.45) is 3.16. The van der Waals surface area contributed by atoms with E-state index in [1.807, 2.05) is 4.90 Å². The Kier molecular flexibility index (Phi) is 4.92. The Labute approximate surface area is 144 Å². The van der Waals surface area contributed by atoms with Gasteiger partial charge in [-0.2, -0.15) is 0 Å². The van der Waals surface area contributed by atoms with E-state index < -0.39 is 0 Å². The molecule has 0 spiro atoms. The third-order valence-electron chi connectivity index (χ3n) is 5.03. The molecule has 1 aromatic rings. The average Bonchev–Trinajstić information content (AvgIpc) is 2.97. The Morgan fingerprint density at radius 3 is 2.50 bits per heavy atom. The highest BCUT2D eigenvalue weighted by atomic mass is 16.2. The Morgan fingerprint density at radius 1 is 1.21 bits per heavy atom. The van der Waals surface area contributed by atoms with E-state index in [2.05, 4.69) is 37.9 Å². The minimum Gasteiger partial charge on any atom is -0.339 e. The molecule has 2 fully saturated rings. The fourth-order valence-electron chi connectivity index (χ4n) is 3.79. The summed E-state index contributed by atoms with van der Waals surface area (Å²) in [5, 5.41) is 2.90. The minimum atomic E-state index is 0.0717. The lowest BCUT2D eigenvalue weighted by Crippen LogP contribution is -2.49. The van der Waals surface area contributed by atoms with E-state index in [0.29, 0.717) is 5.92 Å². The van der Waals surface area contributed by atoms with Crippen LogP contribution in [0.25, 0.3) is 0 Å². The summed E-state index contributed by atoms with van der Waals surface area (Å²) >= 11 is 0. The molecule has 0 radical (unpaired) electrons. The Balaban J connectivity index is 1.77. The molecule has 0 saturated carbocycles. The summed E-state index contributed by atoms with van der Waals surface area (Å²) in [6.45, 7) is 12.0. The van der Waals surface area contributed by atoms with Crippen LogP contribution < -0.4 is 10.2 Å². The zero-order valence-corrected chi connectivity index (χ0v) is 15.3. The SMILES string of the molecule is Cc1nc(N2CCCC(N3CCNC3=O)C2)nc(C)c1CC(C)C. The number of carbonyl (C=O) groups excluding carboxylic acids is 1. The van der Waals surface area contributed by atoms with Gasteiger partial charge in [0, 0.05) is 37.6 Å². The van der Waals surface area contributed by atoms with Gasteiger partial charge < -0.3 is 15.1 Å². The topological polar surface area (TPSA) is 61.4 Å². The van der Waals surface area contributed by atoms with Crippen molar-refractivity contribution >= 4 is 12.0 Å². The van der Waals surface area contributed by atoms with Crippen molar-refractivity contribution in [1.82, 2.24) is 20.2 Å². The van der Waals surface area contributed by atoms with Gasteiger partial charge in [0.1, 0.15) is 0 Å². The van der Waals surface area contributed by atoms with Gasteiger partial charge in [0.05, 0.1) is 6.04 Å². The van der Waals surface area contributed by atoms with Crippen LogP contribution in [0.4, 0.5) is 10.7 Å². The molecule has 6 heteroatoms. The summed E-state index contributed by atoms with van der Waals surface area (Å²) in [7, 11) is 0. The molecule has 1 aromatic heterocycles. The van der Waals surface area contributed by atoms with E-state index in [1.165, 1.54) is 5.56 Å². The molecule has 2 amide bonds. The van der Waals surface area contributed by atoms with Crippen molar-refractivity contribution in [3.05, 3.63) is 17.0 Å². The van der Waals surface area contributed by atoms with Crippen LogP contribution in [0.5, 0.6) is 0 Å². The van der Waals surface area contributed by atoms with Gasteiger partial charge in [-0.05, 0) is 44.6 Å².